The van der Waals surface area contributed by atoms with Gasteiger partial charge in [0.2, 0.25) is 0 Å². The Morgan fingerprint density at radius 2 is 2.00 bits per heavy atom. The molecule has 0 bridgehead atoms. The van der Waals surface area contributed by atoms with E-state index in [0.717, 1.165) is 25.6 Å². The van der Waals surface area contributed by atoms with Crippen LogP contribution in [0.15, 0.2) is 0 Å². The van der Waals surface area contributed by atoms with Crippen molar-refractivity contribution in [3.05, 3.63) is 0 Å². The van der Waals surface area contributed by atoms with E-state index in [1.54, 1.807) is 0 Å². The van der Waals surface area contributed by atoms with Crippen LogP contribution in [0.1, 0.15) is 32.1 Å². The number of hydrogen-bond donors (Lipinski definition) is 1. The van der Waals surface area contributed by atoms with Crippen molar-refractivity contribution in [3.8, 4) is 0 Å². The molecule has 0 amide bonds. The maximum Gasteiger partial charge on any atom is 0.0520 e. The smallest absolute Gasteiger partial charge is 0.0520 e. The summed E-state index contributed by atoms with van der Waals surface area (Å²) in [6.45, 7) is 4.21. The summed E-state index contributed by atoms with van der Waals surface area (Å²) in [5.74, 6) is 0. The molecule has 0 spiro atoms. The van der Waals surface area contributed by atoms with Gasteiger partial charge in [0.15, 0.2) is 0 Å². The van der Waals surface area contributed by atoms with E-state index in [4.69, 9.17) is 10.5 Å². The van der Waals surface area contributed by atoms with E-state index < -0.39 is 0 Å². The van der Waals surface area contributed by atoms with Crippen molar-refractivity contribution in [2.75, 3.05) is 33.4 Å². The Kier molecular flexibility index (Phi) is 3.65. The zero-order valence-electron chi connectivity index (χ0n) is 9.87. The number of hydrogen-bond acceptors (Lipinski definition) is 3. The SMILES string of the molecule is COCC1(CCN)CCN(C2CC2)CC1. The lowest BCUT2D eigenvalue weighted by Gasteiger charge is -2.41. The van der Waals surface area contributed by atoms with Crippen LogP contribution in [0.5, 0.6) is 0 Å². The zero-order valence-corrected chi connectivity index (χ0v) is 9.87. The van der Waals surface area contributed by atoms with Crippen molar-refractivity contribution in [2.45, 2.75) is 38.1 Å². The van der Waals surface area contributed by atoms with Crippen molar-refractivity contribution >= 4 is 0 Å². The van der Waals surface area contributed by atoms with Gasteiger partial charge in [0.05, 0.1) is 6.61 Å². The fourth-order valence-corrected chi connectivity index (χ4v) is 2.88. The quantitative estimate of drug-likeness (QED) is 0.745. The molecule has 2 N–H and O–H groups in total. The van der Waals surface area contributed by atoms with Gasteiger partial charge in [-0.25, -0.2) is 0 Å². The molecule has 3 nitrogen and oxygen atoms in total. The number of nitrogens with two attached hydrogens (primary N) is 1. The molecule has 0 atom stereocenters. The van der Waals surface area contributed by atoms with E-state index in [1.165, 1.54) is 38.8 Å². The van der Waals surface area contributed by atoms with Crippen molar-refractivity contribution < 1.29 is 4.74 Å². The minimum absolute atomic E-state index is 0.384. The molecule has 0 unspecified atom stereocenters. The predicted molar refractivity (Wildman–Crippen MR) is 61.8 cm³/mol. The highest BCUT2D eigenvalue weighted by molar-refractivity contribution is 4.92. The molecule has 15 heavy (non-hydrogen) atoms. The van der Waals surface area contributed by atoms with Crippen molar-refractivity contribution in [2.24, 2.45) is 11.1 Å². The number of rotatable bonds is 5. The standard InChI is InChI=1S/C12H24N2O/c1-15-10-12(4-7-13)5-8-14(9-6-12)11-2-3-11/h11H,2-10,13H2,1H3. The first-order valence-corrected chi connectivity index (χ1v) is 6.23. The van der Waals surface area contributed by atoms with E-state index in [2.05, 4.69) is 4.90 Å². The van der Waals surface area contributed by atoms with Gasteiger partial charge >= 0.3 is 0 Å². The molecule has 2 fully saturated rings. The lowest BCUT2D eigenvalue weighted by molar-refractivity contribution is 0.0149. The Morgan fingerprint density at radius 3 is 2.47 bits per heavy atom. The Hall–Kier alpha value is -0.120. The number of piperidine rings is 1. The molecule has 1 saturated heterocycles. The largest absolute Gasteiger partial charge is 0.384 e. The van der Waals surface area contributed by atoms with E-state index in [-0.39, 0.29) is 0 Å². The zero-order chi connectivity index (χ0) is 10.7. The molecule has 1 heterocycles. The maximum absolute atomic E-state index is 5.71. The normalized spacial score (nSPS) is 26.8. The molecule has 0 aromatic carbocycles. The highest BCUT2D eigenvalue weighted by Gasteiger charge is 2.38. The van der Waals surface area contributed by atoms with Crippen LogP contribution in [-0.2, 0) is 4.74 Å². The summed E-state index contributed by atoms with van der Waals surface area (Å²) < 4.78 is 5.37. The Balaban J connectivity index is 1.85. The third kappa shape index (κ3) is 2.71. The highest BCUT2D eigenvalue weighted by atomic mass is 16.5. The third-order valence-electron chi connectivity index (χ3n) is 4.05. The first kappa shape index (κ1) is 11.4. The Bertz CT molecular complexity index is 188. The molecule has 0 aromatic heterocycles. The van der Waals surface area contributed by atoms with Crippen LogP contribution in [0.4, 0.5) is 0 Å². The molecule has 2 aliphatic rings. The molecule has 1 saturated carbocycles. The van der Waals surface area contributed by atoms with E-state index in [1.807, 2.05) is 7.11 Å². The van der Waals surface area contributed by atoms with Crippen LogP contribution in [0.25, 0.3) is 0 Å². The molecule has 2 rings (SSSR count). The van der Waals surface area contributed by atoms with E-state index in [0.29, 0.717) is 5.41 Å². The molecule has 0 radical (unpaired) electrons. The van der Waals surface area contributed by atoms with Gasteiger partial charge in [-0.1, -0.05) is 0 Å². The summed E-state index contributed by atoms with van der Waals surface area (Å²) in [7, 11) is 1.81. The monoisotopic (exact) mass is 212 g/mol. The van der Waals surface area contributed by atoms with Crippen LogP contribution in [0.3, 0.4) is 0 Å². The van der Waals surface area contributed by atoms with Crippen molar-refractivity contribution in [1.82, 2.24) is 4.90 Å². The molecular weight excluding hydrogens is 188 g/mol. The minimum atomic E-state index is 0.384. The van der Waals surface area contributed by atoms with Gasteiger partial charge in [-0.3, -0.25) is 0 Å². The van der Waals surface area contributed by atoms with Gasteiger partial charge < -0.3 is 15.4 Å². The second kappa shape index (κ2) is 4.81. The van der Waals surface area contributed by atoms with Gasteiger partial charge in [0.25, 0.3) is 0 Å². The Labute approximate surface area is 93.0 Å². The topological polar surface area (TPSA) is 38.5 Å². The first-order valence-electron chi connectivity index (χ1n) is 6.23. The van der Waals surface area contributed by atoms with Gasteiger partial charge in [-0.2, -0.15) is 0 Å². The number of likely N-dealkylation sites (tertiary alicyclic amines) is 1. The molecule has 3 heteroatoms. The van der Waals surface area contributed by atoms with Crippen LogP contribution in [-0.4, -0.2) is 44.3 Å². The summed E-state index contributed by atoms with van der Waals surface area (Å²) in [6.07, 6.45) is 6.52. The number of ether oxygens (including phenoxy) is 1. The van der Waals surface area contributed by atoms with Crippen LogP contribution >= 0.6 is 0 Å². The van der Waals surface area contributed by atoms with Crippen LogP contribution < -0.4 is 5.73 Å². The summed E-state index contributed by atoms with van der Waals surface area (Å²) in [6, 6.07) is 0.920. The predicted octanol–water partition coefficient (Wildman–Crippen LogP) is 1.23. The number of nitrogens with zero attached hydrogens (tertiary/aromatic N) is 1. The second-order valence-electron chi connectivity index (χ2n) is 5.24. The van der Waals surface area contributed by atoms with E-state index >= 15 is 0 Å². The van der Waals surface area contributed by atoms with Crippen LogP contribution in [0, 0.1) is 5.41 Å². The summed E-state index contributed by atoms with van der Waals surface area (Å²) in [4.78, 5) is 2.66. The fourth-order valence-electron chi connectivity index (χ4n) is 2.88. The molecule has 88 valence electrons. The van der Waals surface area contributed by atoms with E-state index in [9.17, 15) is 0 Å². The lowest BCUT2D eigenvalue weighted by atomic mass is 9.76. The molecule has 1 aliphatic carbocycles. The average molecular weight is 212 g/mol. The summed E-state index contributed by atoms with van der Waals surface area (Å²) in [5, 5.41) is 0. The van der Waals surface area contributed by atoms with Crippen molar-refractivity contribution in [1.29, 1.82) is 0 Å². The second-order valence-corrected chi connectivity index (χ2v) is 5.24. The molecule has 0 aromatic rings. The first-order chi connectivity index (χ1) is 7.29. The van der Waals surface area contributed by atoms with Gasteiger partial charge in [-0.05, 0) is 57.2 Å². The highest BCUT2D eigenvalue weighted by Crippen LogP contribution is 2.38. The Morgan fingerprint density at radius 1 is 1.33 bits per heavy atom. The fraction of sp³-hybridized carbons (Fsp3) is 1.00. The average Bonchev–Trinajstić information content (AvgIpc) is 3.03. The maximum atomic E-state index is 5.71. The number of methoxy groups -OCH3 is 1. The van der Waals surface area contributed by atoms with Crippen molar-refractivity contribution in [3.63, 3.8) is 0 Å². The summed E-state index contributed by atoms with van der Waals surface area (Å²) in [5.41, 5.74) is 6.10. The van der Waals surface area contributed by atoms with Crippen LogP contribution in [0.2, 0.25) is 0 Å². The minimum Gasteiger partial charge on any atom is -0.384 e. The van der Waals surface area contributed by atoms with Gasteiger partial charge in [0, 0.05) is 13.2 Å². The molecular formula is C12H24N2O. The summed E-state index contributed by atoms with van der Waals surface area (Å²) >= 11 is 0. The van der Waals surface area contributed by atoms with Gasteiger partial charge in [0.1, 0.15) is 0 Å². The lowest BCUT2D eigenvalue weighted by Crippen LogP contribution is -2.44. The molecule has 1 aliphatic heterocycles. The third-order valence-corrected chi connectivity index (χ3v) is 4.05. The van der Waals surface area contributed by atoms with Gasteiger partial charge in [-0.15, -0.1) is 0 Å².